The number of halogens is 3. The Morgan fingerprint density at radius 3 is 1.80 bits per heavy atom. The summed E-state index contributed by atoms with van der Waals surface area (Å²) in [6.45, 7) is 3.74. The molecule has 0 unspecified atom stereocenters. The molecule has 2 aromatic carbocycles. The molecule has 0 aliphatic heterocycles. The topological polar surface area (TPSA) is 12.0 Å². The van der Waals surface area contributed by atoms with Gasteiger partial charge in [0, 0.05) is 6.54 Å². The van der Waals surface area contributed by atoms with Gasteiger partial charge in [-0.2, -0.15) is 13.2 Å². The summed E-state index contributed by atoms with van der Waals surface area (Å²) in [6, 6.07) is 13.0. The molecule has 0 aliphatic carbocycles. The molecule has 0 fully saturated rings. The molecule has 0 heterocycles. The molecule has 0 amide bonds. The lowest BCUT2D eigenvalue weighted by Crippen LogP contribution is -2.11. The second-order valence-electron chi connectivity index (χ2n) is 4.55. The zero-order valence-electron chi connectivity index (χ0n) is 11.2. The van der Waals surface area contributed by atoms with E-state index in [9.17, 15) is 13.2 Å². The van der Waals surface area contributed by atoms with Crippen molar-refractivity contribution in [2.45, 2.75) is 19.6 Å². The second kappa shape index (κ2) is 6.09. The Morgan fingerprint density at radius 2 is 1.35 bits per heavy atom. The fraction of sp³-hybridized carbons (Fsp3) is 0.250. The number of benzene rings is 2. The van der Waals surface area contributed by atoms with Crippen molar-refractivity contribution in [3.05, 3.63) is 59.7 Å². The predicted molar refractivity (Wildman–Crippen MR) is 74.3 cm³/mol. The van der Waals surface area contributed by atoms with Gasteiger partial charge in [0.15, 0.2) is 0 Å². The van der Waals surface area contributed by atoms with Gasteiger partial charge < -0.3 is 5.32 Å². The molecule has 1 N–H and O–H groups in total. The van der Waals surface area contributed by atoms with Gasteiger partial charge >= 0.3 is 6.18 Å². The van der Waals surface area contributed by atoms with E-state index in [2.05, 4.69) is 5.32 Å². The molecule has 1 nitrogen and oxygen atoms in total. The average molecular weight is 279 g/mol. The normalized spacial score (nSPS) is 11.6. The second-order valence-corrected chi connectivity index (χ2v) is 4.55. The Morgan fingerprint density at radius 1 is 0.850 bits per heavy atom. The lowest BCUT2D eigenvalue weighted by atomic mass is 10.0. The minimum Gasteiger partial charge on any atom is -0.313 e. The average Bonchev–Trinajstić information content (AvgIpc) is 2.45. The van der Waals surface area contributed by atoms with Gasteiger partial charge in [-0.15, -0.1) is 0 Å². The molecule has 0 saturated carbocycles. The van der Waals surface area contributed by atoms with E-state index in [0.29, 0.717) is 0 Å². The van der Waals surface area contributed by atoms with Crippen LogP contribution in [0.5, 0.6) is 0 Å². The molecule has 0 spiro atoms. The SMILES string of the molecule is CCNCc1ccc(-c2ccc(C(F)(F)F)cc2)cc1. The third kappa shape index (κ3) is 3.61. The summed E-state index contributed by atoms with van der Waals surface area (Å²) < 4.78 is 37.5. The molecule has 0 saturated heterocycles. The molecule has 0 aliphatic rings. The van der Waals surface area contributed by atoms with Gasteiger partial charge in [0.1, 0.15) is 0 Å². The van der Waals surface area contributed by atoms with E-state index in [4.69, 9.17) is 0 Å². The zero-order chi connectivity index (χ0) is 14.6. The maximum absolute atomic E-state index is 12.5. The van der Waals surface area contributed by atoms with Gasteiger partial charge in [0.05, 0.1) is 5.56 Å². The number of nitrogens with one attached hydrogen (secondary N) is 1. The first kappa shape index (κ1) is 14.6. The van der Waals surface area contributed by atoms with Gasteiger partial charge in [-0.05, 0) is 35.4 Å². The summed E-state index contributed by atoms with van der Waals surface area (Å²) in [5, 5.41) is 3.22. The molecule has 0 radical (unpaired) electrons. The number of hydrogen-bond acceptors (Lipinski definition) is 1. The number of alkyl halides is 3. The van der Waals surface area contributed by atoms with Crippen LogP contribution in [0.25, 0.3) is 11.1 Å². The van der Waals surface area contributed by atoms with E-state index < -0.39 is 11.7 Å². The van der Waals surface area contributed by atoms with Crippen LogP contribution in [0.3, 0.4) is 0 Å². The number of hydrogen-bond donors (Lipinski definition) is 1. The highest BCUT2D eigenvalue weighted by molar-refractivity contribution is 5.64. The fourth-order valence-corrected chi connectivity index (χ4v) is 1.94. The maximum atomic E-state index is 12.5. The van der Waals surface area contributed by atoms with E-state index >= 15 is 0 Å². The Balaban J connectivity index is 2.15. The van der Waals surface area contributed by atoms with Crippen LogP contribution in [-0.4, -0.2) is 6.54 Å². The van der Waals surface area contributed by atoms with E-state index in [1.54, 1.807) is 0 Å². The highest BCUT2D eigenvalue weighted by Gasteiger charge is 2.29. The van der Waals surface area contributed by atoms with Crippen LogP contribution in [0.4, 0.5) is 13.2 Å². The van der Waals surface area contributed by atoms with Gasteiger partial charge in [-0.1, -0.05) is 43.3 Å². The Labute approximate surface area is 116 Å². The first-order chi connectivity index (χ1) is 9.50. The Kier molecular flexibility index (Phi) is 4.45. The fourth-order valence-electron chi connectivity index (χ4n) is 1.94. The monoisotopic (exact) mass is 279 g/mol. The lowest BCUT2D eigenvalue weighted by molar-refractivity contribution is -0.137. The molecule has 0 bridgehead atoms. The van der Waals surface area contributed by atoms with Crippen LogP contribution in [0.15, 0.2) is 48.5 Å². The first-order valence-corrected chi connectivity index (χ1v) is 6.48. The molecule has 2 rings (SSSR count). The van der Waals surface area contributed by atoms with E-state index in [-0.39, 0.29) is 0 Å². The van der Waals surface area contributed by atoms with E-state index in [0.717, 1.165) is 41.9 Å². The van der Waals surface area contributed by atoms with E-state index in [1.807, 2.05) is 31.2 Å². The quantitative estimate of drug-likeness (QED) is 0.870. The van der Waals surface area contributed by atoms with Crippen molar-refractivity contribution in [2.24, 2.45) is 0 Å². The molecule has 0 atom stereocenters. The van der Waals surface area contributed by atoms with Crippen molar-refractivity contribution in [3.63, 3.8) is 0 Å². The third-order valence-electron chi connectivity index (χ3n) is 3.08. The van der Waals surface area contributed by atoms with E-state index in [1.165, 1.54) is 12.1 Å². The third-order valence-corrected chi connectivity index (χ3v) is 3.08. The lowest BCUT2D eigenvalue weighted by Gasteiger charge is -2.08. The van der Waals surface area contributed by atoms with Crippen LogP contribution in [0.1, 0.15) is 18.1 Å². The van der Waals surface area contributed by atoms with Crippen molar-refractivity contribution in [1.82, 2.24) is 5.32 Å². The minimum absolute atomic E-state index is 0.620. The van der Waals surface area contributed by atoms with Gasteiger partial charge in [0.2, 0.25) is 0 Å². The summed E-state index contributed by atoms with van der Waals surface area (Å²) >= 11 is 0. The highest BCUT2D eigenvalue weighted by atomic mass is 19.4. The summed E-state index contributed by atoms with van der Waals surface area (Å²) in [5.41, 5.74) is 2.24. The van der Waals surface area contributed by atoms with Crippen molar-refractivity contribution >= 4 is 0 Å². The van der Waals surface area contributed by atoms with Crippen LogP contribution in [0, 0.1) is 0 Å². The summed E-state index contributed by atoms with van der Waals surface area (Å²) in [6.07, 6.45) is -4.28. The Bertz CT molecular complexity index is 541. The molecule has 2 aromatic rings. The molecule has 106 valence electrons. The van der Waals surface area contributed by atoms with Crippen LogP contribution in [-0.2, 0) is 12.7 Å². The first-order valence-electron chi connectivity index (χ1n) is 6.48. The smallest absolute Gasteiger partial charge is 0.313 e. The van der Waals surface area contributed by atoms with Crippen LogP contribution >= 0.6 is 0 Å². The maximum Gasteiger partial charge on any atom is 0.416 e. The molecule has 4 heteroatoms. The van der Waals surface area contributed by atoms with Crippen molar-refractivity contribution in [2.75, 3.05) is 6.54 Å². The standard InChI is InChI=1S/C16H16F3N/c1-2-20-11-12-3-5-13(6-4-12)14-7-9-15(10-8-14)16(17,18)19/h3-10,20H,2,11H2,1H3. The Hall–Kier alpha value is -1.81. The van der Waals surface area contributed by atoms with Gasteiger partial charge in [-0.25, -0.2) is 0 Å². The minimum atomic E-state index is -4.28. The zero-order valence-corrected chi connectivity index (χ0v) is 11.2. The number of rotatable bonds is 4. The van der Waals surface area contributed by atoms with Crippen LogP contribution < -0.4 is 5.32 Å². The highest BCUT2D eigenvalue weighted by Crippen LogP contribution is 2.30. The summed E-state index contributed by atoms with van der Waals surface area (Å²) in [4.78, 5) is 0. The van der Waals surface area contributed by atoms with Crippen molar-refractivity contribution in [3.8, 4) is 11.1 Å². The predicted octanol–water partition coefficient (Wildman–Crippen LogP) is 4.48. The molecule has 0 aromatic heterocycles. The van der Waals surface area contributed by atoms with Crippen molar-refractivity contribution in [1.29, 1.82) is 0 Å². The van der Waals surface area contributed by atoms with Crippen LogP contribution in [0.2, 0.25) is 0 Å². The molecular weight excluding hydrogens is 263 g/mol. The van der Waals surface area contributed by atoms with Gasteiger partial charge in [0.25, 0.3) is 0 Å². The van der Waals surface area contributed by atoms with Gasteiger partial charge in [-0.3, -0.25) is 0 Å². The molecular formula is C16H16F3N. The van der Waals surface area contributed by atoms with Crippen molar-refractivity contribution < 1.29 is 13.2 Å². The molecule has 20 heavy (non-hydrogen) atoms. The summed E-state index contributed by atoms with van der Waals surface area (Å²) in [5.74, 6) is 0. The summed E-state index contributed by atoms with van der Waals surface area (Å²) in [7, 11) is 0. The largest absolute Gasteiger partial charge is 0.416 e.